The molecule has 0 bridgehead atoms. The normalized spacial score (nSPS) is 12.6. The zero-order chi connectivity index (χ0) is 12.3. The van der Waals surface area contributed by atoms with Crippen LogP contribution in [0.5, 0.6) is 0 Å². The fourth-order valence-electron chi connectivity index (χ4n) is 1.77. The summed E-state index contributed by atoms with van der Waals surface area (Å²) in [7, 11) is 0. The van der Waals surface area contributed by atoms with Crippen LogP contribution in [0.4, 0.5) is 0 Å². The Morgan fingerprint density at radius 3 is 2.53 bits per heavy atom. The molecular formula is C14H16BrNS. The van der Waals surface area contributed by atoms with Gasteiger partial charge in [0.25, 0.3) is 0 Å². The molecular weight excluding hydrogens is 294 g/mol. The summed E-state index contributed by atoms with van der Waals surface area (Å²) in [5.41, 5.74) is 7.38. The molecule has 0 aliphatic carbocycles. The van der Waals surface area contributed by atoms with Crippen LogP contribution in [0.25, 0.3) is 10.4 Å². The highest BCUT2D eigenvalue weighted by atomic mass is 79.9. The minimum Gasteiger partial charge on any atom is -0.323 e. The van der Waals surface area contributed by atoms with Gasteiger partial charge >= 0.3 is 0 Å². The molecule has 0 saturated carbocycles. The van der Waals surface area contributed by atoms with Crippen molar-refractivity contribution >= 4 is 27.3 Å². The largest absolute Gasteiger partial charge is 0.323 e. The quantitative estimate of drug-likeness (QED) is 0.847. The number of benzene rings is 1. The molecule has 1 nitrogen and oxygen atoms in total. The van der Waals surface area contributed by atoms with E-state index in [2.05, 4.69) is 59.3 Å². The molecule has 0 spiro atoms. The van der Waals surface area contributed by atoms with Gasteiger partial charge in [-0.05, 0) is 36.2 Å². The first-order valence-corrected chi connectivity index (χ1v) is 7.43. The van der Waals surface area contributed by atoms with E-state index in [1.807, 2.05) is 0 Å². The van der Waals surface area contributed by atoms with Crippen LogP contribution in [-0.2, 0) is 0 Å². The fraction of sp³-hybridized carbons (Fsp3) is 0.286. The Kier molecular flexibility index (Phi) is 4.37. The Morgan fingerprint density at radius 1 is 1.18 bits per heavy atom. The molecule has 0 aliphatic heterocycles. The van der Waals surface area contributed by atoms with Gasteiger partial charge in [0.1, 0.15) is 0 Å². The van der Waals surface area contributed by atoms with Gasteiger partial charge in [-0.3, -0.25) is 0 Å². The van der Waals surface area contributed by atoms with E-state index in [0.29, 0.717) is 0 Å². The van der Waals surface area contributed by atoms with Gasteiger partial charge in [0, 0.05) is 20.3 Å². The third-order valence-corrected chi connectivity index (χ3v) is 4.52. The minimum atomic E-state index is 0.189. The predicted molar refractivity (Wildman–Crippen MR) is 79.3 cm³/mol. The lowest BCUT2D eigenvalue weighted by molar-refractivity contribution is 0.648. The van der Waals surface area contributed by atoms with E-state index in [1.165, 1.54) is 15.3 Å². The van der Waals surface area contributed by atoms with E-state index in [9.17, 15) is 0 Å². The SMILES string of the molecule is CCCC(N)c1ccc(-c2ccc(Br)cc2)s1. The maximum absolute atomic E-state index is 6.12. The number of halogens is 1. The lowest BCUT2D eigenvalue weighted by Crippen LogP contribution is -2.07. The van der Waals surface area contributed by atoms with Crippen LogP contribution < -0.4 is 5.73 Å². The number of thiophene rings is 1. The lowest BCUT2D eigenvalue weighted by atomic mass is 10.1. The summed E-state index contributed by atoms with van der Waals surface area (Å²) in [5, 5.41) is 0. The van der Waals surface area contributed by atoms with Crippen molar-refractivity contribution in [3.05, 3.63) is 45.7 Å². The van der Waals surface area contributed by atoms with E-state index in [0.717, 1.165) is 17.3 Å². The van der Waals surface area contributed by atoms with E-state index in [4.69, 9.17) is 5.73 Å². The molecule has 0 amide bonds. The van der Waals surface area contributed by atoms with Gasteiger partial charge in [0.05, 0.1) is 0 Å². The van der Waals surface area contributed by atoms with Crippen LogP contribution in [0, 0.1) is 0 Å². The topological polar surface area (TPSA) is 26.0 Å². The van der Waals surface area contributed by atoms with Gasteiger partial charge < -0.3 is 5.73 Å². The molecule has 3 heteroatoms. The number of nitrogens with two attached hydrogens (primary N) is 1. The van der Waals surface area contributed by atoms with Crippen LogP contribution >= 0.6 is 27.3 Å². The zero-order valence-electron chi connectivity index (χ0n) is 9.82. The van der Waals surface area contributed by atoms with Crippen LogP contribution in [0.3, 0.4) is 0 Å². The molecule has 1 heterocycles. The third kappa shape index (κ3) is 3.18. The Bertz CT molecular complexity index is 475. The van der Waals surface area contributed by atoms with Crippen molar-refractivity contribution in [3.63, 3.8) is 0 Å². The van der Waals surface area contributed by atoms with E-state index in [1.54, 1.807) is 11.3 Å². The molecule has 2 aromatic rings. The Labute approximate surface area is 115 Å². The second kappa shape index (κ2) is 5.80. The molecule has 0 fully saturated rings. The predicted octanol–water partition coefficient (Wildman–Crippen LogP) is 4.98. The van der Waals surface area contributed by atoms with Crippen LogP contribution in [0.15, 0.2) is 40.9 Å². The van der Waals surface area contributed by atoms with Crippen molar-refractivity contribution in [2.24, 2.45) is 5.73 Å². The molecule has 1 aromatic heterocycles. The summed E-state index contributed by atoms with van der Waals surface area (Å²) in [4.78, 5) is 2.57. The van der Waals surface area contributed by atoms with Crippen LogP contribution in [-0.4, -0.2) is 0 Å². The van der Waals surface area contributed by atoms with Crippen molar-refractivity contribution in [1.29, 1.82) is 0 Å². The molecule has 2 rings (SSSR count). The molecule has 90 valence electrons. The first-order chi connectivity index (χ1) is 8.20. The van der Waals surface area contributed by atoms with Crippen LogP contribution in [0.2, 0.25) is 0 Å². The summed E-state index contributed by atoms with van der Waals surface area (Å²) < 4.78 is 1.11. The lowest BCUT2D eigenvalue weighted by Gasteiger charge is -2.06. The van der Waals surface area contributed by atoms with E-state index >= 15 is 0 Å². The van der Waals surface area contributed by atoms with E-state index in [-0.39, 0.29) is 6.04 Å². The van der Waals surface area contributed by atoms with Gasteiger partial charge in [0.15, 0.2) is 0 Å². The smallest absolute Gasteiger partial charge is 0.0389 e. The summed E-state index contributed by atoms with van der Waals surface area (Å²) in [6.45, 7) is 2.17. The van der Waals surface area contributed by atoms with Gasteiger partial charge in [-0.25, -0.2) is 0 Å². The minimum absolute atomic E-state index is 0.189. The molecule has 0 aliphatic rings. The number of hydrogen-bond acceptors (Lipinski definition) is 2. The average Bonchev–Trinajstić information content (AvgIpc) is 2.80. The monoisotopic (exact) mass is 309 g/mol. The van der Waals surface area contributed by atoms with Crippen molar-refractivity contribution in [2.75, 3.05) is 0 Å². The molecule has 0 radical (unpaired) electrons. The summed E-state index contributed by atoms with van der Waals surface area (Å²) in [6.07, 6.45) is 2.19. The molecule has 17 heavy (non-hydrogen) atoms. The van der Waals surface area contributed by atoms with Gasteiger partial charge in [0.2, 0.25) is 0 Å². The standard InChI is InChI=1S/C14H16BrNS/c1-2-3-12(16)14-9-8-13(17-14)10-4-6-11(15)7-5-10/h4-9,12H,2-3,16H2,1H3. The Hall–Kier alpha value is -0.640. The number of hydrogen-bond donors (Lipinski definition) is 1. The molecule has 0 saturated heterocycles. The fourth-order valence-corrected chi connectivity index (χ4v) is 3.09. The van der Waals surface area contributed by atoms with Crippen molar-refractivity contribution in [2.45, 2.75) is 25.8 Å². The Balaban J connectivity index is 2.20. The summed E-state index contributed by atoms with van der Waals surface area (Å²) in [6, 6.07) is 12.9. The van der Waals surface area contributed by atoms with Gasteiger partial charge in [-0.2, -0.15) is 0 Å². The maximum Gasteiger partial charge on any atom is 0.0389 e. The summed E-state index contributed by atoms with van der Waals surface area (Å²) in [5.74, 6) is 0. The highest BCUT2D eigenvalue weighted by Gasteiger charge is 2.09. The third-order valence-electron chi connectivity index (χ3n) is 2.72. The first kappa shape index (κ1) is 12.8. The second-order valence-electron chi connectivity index (χ2n) is 4.10. The van der Waals surface area contributed by atoms with Crippen LogP contribution in [0.1, 0.15) is 30.7 Å². The first-order valence-electron chi connectivity index (χ1n) is 5.82. The summed E-state index contributed by atoms with van der Waals surface area (Å²) >= 11 is 5.25. The van der Waals surface area contributed by atoms with E-state index < -0.39 is 0 Å². The molecule has 1 aromatic carbocycles. The highest BCUT2D eigenvalue weighted by Crippen LogP contribution is 2.32. The van der Waals surface area contributed by atoms with Crippen molar-refractivity contribution in [3.8, 4) is 10.4 Å². The van der Waals surface area contributed by atoms with Crippen molar-refractivity contribution in [1.82, 2.24) is 0 Å². The molecule has 1 atom stereocenters. The average molecular weight is 310 g/mol. The zero-order valence-corrected chi connectivity index (χ0v) is 12.2. The van der Waals surface area contributed by atoms with Gasteiger partial charge in [-0.1, -0.05) is 41.4 Å². The Morgan fingerprint density at radius 2 is 1.88 bits per heavy atom. The maximum atomic E-state index is 6.12. The molecule has 2 N–H and O–H groups in total. The van der Waals surface area contributed by atoms with Gasteiger partial charge in [-0.15, -0.1) is 11.3 Å². The second-order valence-corrected chi connectivity index (χ2v) is 6.14. The number of rotatable bonds is 4. The highest BCUT2D eigenvalue weighted by molar-refractivity contribution is 9.10. The van der Waals surface area contributed by atoms with Crippen molar-refractivity contribution < 1.29 is 0 Å². The molecule has 1 unspecified atom stereocenters.